The minimum atomic E-state index is 0.227. The summed E-state index contributed by atoms with van der Waals surface area (Å²) in [5.41, 5.74) is 1.90. The molecule has 2 nitrogen and oxygen atoms in total. The topological polar surface area (TPSA) is 32.9 Å². The van der Waals surface area contributed by atoms with Crippen molar-refractivity contribution in [2.75, 3.05) is 0 Å². The summed E-state index contributed by atoms with van der Waals surface area (Å²) in [4.78, 5) is 15.9. The molecule has 19 heavy (non-hydrogen) atoms. The highest BCUT2D eigenvalue weighted by molar-refractivity contribution is 9.10. The number of fused-ring (bicyclic) bond motifs is 1. The van der Waals surface area contributed by atoms with Crippen LogP contribution in [0, 0.1) is 5.92 Å². The summed E-state index contributed by atoms with van der Waals surface area (Å²) in [6, 6.07) is 6.05. The Labute approximate surface area is 121 Å². The lowest BCUT2D eigenvalue weighted by atomic mass is 9.91. The van der Waals surface area contributed by atoms with Crippen molar-refractivity contribution >= 4 is 32.6 Å². The van der Waals surface area contributed by atoms with Gasteiger partial charge in [0.15, 0.2) is 5.78 Å². The molecule has 3 rings (SSSR count). The predicted octanol–water partition coefficient (Wildman–Crippen LogP) is 5.08. The first-order valence-corrected chi connectivity index (χ1v) is 7.86. The Balaban J connectivity index is 1.92. The number of H-pyrrole nitrogens is 1. The SMILES string of the molecule is O=C(c1c[nH]c2cc(Br)ccc12)C1CCCCCC1. The second-order valence-corrected chi connectivity index (χ2v) is 6.36. The van der Waals surface area contributed by atoms with E-state index in [9.17, 15) is 4.79 Å². The van der Waals surface area contributed by atoms with Crippen LogP contribution < -0.4 is 0 Å². The summed E-state index contributed by atoms with van der Waals surface area (Å²) in [6.45, 7) is 0. The van der Waals surface area contributed by atoms with E-state index in [-0.39, 0.29) is 5.92 Å². The van der Waals surface area contributed by atoms with Crippen LogP contribution in [0.4, 0.5) is 0 Å². The lowest BCUT2D eigenvalue weighted by Gasteiger charge is -2.11. The number of aromatic nitrogens is 1. The first-order chi connectivity index (χ1) is 9.25. The van der Waals surface area contributed by atoms with Gasteiger partial charge in [0.1, 0.15) is 0 Å². The Morgan fingerprint density at radius 2 is 1.89 bits per heavy atom. The van der Waals surface area contributed by atoms with Crippen molar-refractivity contribution < 1.29 is 4.79 Å². The van der Waals surface area contributed by atoms with Gasteiger partial charge in [0.25, 0.3) is 0 Å². The van der Waals surface area contributed by atoms with Gasteiger partial charge in [0.05, 0.1) is 0 Å². The molecule has 1 fully saturated rings. The van der Waals surface area contributed by atoms with Crippen molar-refractivity contribution in [3.05, 3.63) is 34.4 Å². The fraction of sp³-hybridized carbons (Fsp3) is 0.438. The molecular formula is C16H18BrNO. The van der Waals surface area contributed by atoms with Crippen LogP contribution in [0.25, 0.3) is 10.9 Å². The Morgan fingerprint density at radius 1 is 1.16 bits per heavy atom. The fourth-order valence-electron chi connectivity index (χ4n) is 3.06. The van der Waals surface area contributed by atoms with E-state index in [0.717, 1.165) is 33.8 Å². The van der Waals surface area contributed by atoms with Gasteiger partial charge in [-0.25, -0.2) is 0 Å². The second-order valence-electron chi connectivity index (χ2n) is 5.44. The maximum atomic E-state index is 12.7. The van der Waals surface area contributed by atoms with Gasteiger partial charge < -0.3 is 4.98 Å². The lowest BCUT2D eigenvalue weighted by molar-refractivity contribution is 0.0909. The smallest absolute Gasteiger partial charge is 0.168 e. The Kier molecular flexibility index (Phi) is 3.74. The number of carbonyl (C=O) groups excluding carboxylic acids is 1. The van der Waals surface area contributed by atoms with E-state index in [1.807, 2.05) is 24.4 Å². The summed E-state index contributed by atoms with van der Waals surface area (Å²) in [5, 5.41) is 1.05. The van der Waals surface area contributed by atoms with Crippen LogP contribution >= 0.6 is 15.9 Å². The van der Waals surface area contributed by atoms with Crippen molar-refractivity contribution in [3.8, 4) is 0 Å². The number of aromatic amines is 1. The van der Waals surface area contributed by atoms with Crippen LogP contribution in [0.1, 0.15) is 48.9 Å². The molecule has 1 aliphatic rings. The molecule has 0 bridgehead atoms. The van der Waals surface area contributed by atoms with Crippen molar-refractivity contribution in [2.45, 2.75) is 38.5 Å². The number of hydrogen-bond donors (Lipinski definition) is 1. The van der Waals surface area contributed by atoms with Crippen LogP contribution in [0.3, 0.4) is 0 Å². The molecule has 1 saturated carbocycles. The molecule has 0 aliphatic heterocycles. The van der Waals surface area contributed by atoms with Gasteiger partial charge in [-0.15, -0.1) is 0 Å². The molecule has 0 atom stereocenters. The molecule has 0 amide bonds. The molecule has 1 aromatic carbocycles. The van der Waals surface area contributed by atoms with Crippen molar-refractivity contribution in [2.24, 2.45) is 5.92 Å². The van der Waals surface area contributed by atoms with Gasteiger partial charge in [0, 0.05) is 33.1 Å². The molecule has 1 heterocycles. The minimum Gasteiger partial charge on any atom is -0.360 e. The zero-order valence-corrected chi connectivity index (χ0v) is 12.5. The maximum Gasteiger partial charge on any atom is 0.168 e. The highest BCUT2D eigenvalue weighted by Crippen LogP contribution is 2.29. The standard InChI is InChI=1S/C16H18BrNO/c17-12-7-8-13-14(10-18-15(13)9-12)16(19)11-5-3-1-2-4-6-11/h7-11,18H,1-6H2. The monoisotopic (exact) mass is 319 g/mol. The van der Waals surface area contributed by atoms with Crippen molar-refractivity contribution in [3.63, 3.8) is 0 Å². The van der Waals surface area contributed by atoms with Crippen LogP contribution in [0.15, 0.2) is 28.9 Å². The van der Waals surface area contributed by atoms with Crippen LogP contribution in [-0.2, 0) is 0 Å². The molecule has 1 aromatic heterocycles. The first kappa shape index (κ1) is 12.9. The number of halogens is 1. The maximum absolute atomic E-state index is 12.7. The summed E-state index contributed by atoms with van der Waals surface area (Å²) >= 11 is 3.46. The highest BCUT2D eigenvalue weighted by atomic mass is 79.9. The number of nitrogens with one attached hydrogen (secondary N) is 1. The molecule has 0 spiro atoms. The van der Waals surface area contributed by atoms with E-state index in [4.69, 9.17) is 0 Å². The van der Waals surface area contributed by atoms with Crippen molar-refractivity contribution in [1.29, 1.82) is 0 Å². The molecule has 0 unspecified atom stereocenters. The third-order valence-electron chi connectivity index (χ3n) is 4.14. The Morgan fingerprint density at radius 3 is 2.63 bits per heavy atom. The zero-order chi connectivity index (χ0) is 13.2. The minimum absolute atomic E-state index is 0.227. The highest BCUT2D eigenvalue weighted by Gasteiger charge is 2.23. The van der Waals surface area contributed by atoms with E-state index in [0.29, 0.717) is 5.78 Å². The quantitative estimate of drug-likeness (QED) is 0.607. The van der Waals surface area contributed by atoms with E-state index < -0.39 is 0 Å². The van der Waals surface area contributed by atoms with Crippen LogP contribution in [-0.4, -0.2) is 10.8 Å². The second kappa shape index (κ2) is 5.49. The number of rotatable bonds is 2. The predicted molar refractivity (Wildman–Crippen MR) is 81.5 cm³/mol. The third kappa shape index (κ3) is 2.62. The molecule has 0 saturated heterocycles. The number of Topliss-reactive ketones (excluding diaryl/α,β-unsaturated/α-hetero) is 1. The molecule has 1 aliphatic carbocycles. The number of benzene rings is 1. The largest absolute Gasteiger partial charge is 0.360 e. The normalized spacial score (nSPS) is 17.5. The average molecular weight is 320 g/mol. The van der Waals surface area contributed by atoms with Gasteiger partial charge in [-0.2, -0.15) is 0 Å². The van der Waals surface area contributed by atoms with E-state index >= 15 is 0 Å². The fourth-order valence-corrected chi connectivity index (χ4v) is 3.42. The van der Waals surface area contributed by atoms with Crippen LogP contribution in [0.5, 0.6) is 0 Å². The molecule has 1 N–H and O–H groups in total. The van der Waals surface area contributed by atoms with Crippen molar-refractivity contribution in [1.82, 2.24) is 4.98 Å². The zero-order valence-electron chi connectivity index (χ0n) is 10.9. The van der Waals surface area contributed by atoms with Gasteiger partial charge in [0.2, 0.25) is 0 Å². The number of carbonyl (C=O) groups is 1. The number of hydrogen-bond acceptors (Lipinski definition) is 1. The Bertz CT molecular complexity index is 594. The summed E-state index contributed by atoms with van der Waals surface area (Å²) in [7, 11) is 0. The Hall–Kier alpha value is -1.09. The van der Waals surface area contributed by atoms with Gasteiger partial charge in [-0.1, -0.05) is 47.7 Å². The third-order valence-corrected chi connectivity index (χ3v) is 4.63. The number of ketones is 1. The van der Waals surface area contributed by atoms with E-state index in [1.54, 1.807) is 0 Å². The van der Waals surface area contributed by atoms with Crippen LogP contribution in [0.2, 0.25) is 0 Å². The summed E-state index contributed by atoms with van der Waals surface area (Å²) in [6.07, 6.45) is 8.96. The van der Waals surface area contributed by atoms with E-state index in [2.05, 4.69) is 20.9 Å². The molecular weight excluding hydrogens is 302 g/mol. The summed E-state index contributed by atoms with van der Waals surface area (Å²) in [5.74, 6) is 0.556. The molecule has 100 valence electrons. The van der Waals surface area contributed by atoms with Gasteiger partial charge in [-0.05, 0) is 25.0 Å². The summed E-state index contributed by atoms with van der Waals surface area (Å²) < 4.78 is 1.04. The first-order valence-electron chi connectivity index (χ1n) is 7.06. The van der Waals surface area contributed by atoms with Gasteiger partial charge in [-0.3, -0.25) is 4.79 Å². The molecule has 3 heteroatoms. The molecule has 0 radical (unpaired) electrons. The van der Waals surface area contributed by atoms with E-state index in [1.165, 1.54) is 25.7 Å². The lowest BCUT2D eigenvalue weighted by Crippen LogP contribution is -2.13. The molecule has 2 aromatic rings. The average Bonchev–Trinajstić information content (AvgIpc) is 2.64. The van der Waals surface area contributed by atoms with Gasteiger partial charge >= 0.3 is 0 Å².